The lowest BCUT2D eigenvalue weighted by Crippen LogP contribution is -2.38. The molecule has 1 saturated heterocycles. The summed E-state index contributed by atoms with van der Waals surface area (Å²) in [4.78, 5) is 2.70. The Hall–Kier alpha value is -0.0800. The highest BCUT2D eigenvalue weighted by Gasteiger charge is 2.23. The van der Waals surface area contributed by atoms with Crippen LogP contribution in [0.1, 0.15) is 71.1 Å². The first kappa shape index (κ1) is 15.3. The molecule has 1 N–H and O–H groups in total. The fourth-order valence-electron chi connectivity index (χ4n) is 3.15. The van der Waals surface area contributed by atoms with Crippen LogP contribution in [0.2, 0.25) is 0 Å². The molecule has 19 heavy (non-hydrogen) atoms. The quantitative estimate of drug-likeness (QED) is 0.605. The fourth-order valence-corrected chi connectivity index (χ4v) is 3.15. The Balaban J connectivity index is 1.42. The fraction of sp³-hybridized carbons (Fsp3) is 1.00. The monoisotopic (exact) mass is 266 g/mol. The number of nitrogens with one attached hydrogen (secondary N) is 1. The maximum Gasteiger partial charge on any atom is 0.00683 e. The third-order valence-electron chi connectivity index (χ3n) is 4.81. The van der Waals surface area contributed by atoms with E-state index >= 15 is 0 Å². The molecule has 0 amide bonds. The predicted molar refractivity (Wildman–Crippen MR) is 83.6 cm³/mol. The molecule has 1 aliphatic heterocycles. The highest BCUT2D eigenvalue weighted by molar-refractivity contribution is 4.83. The third-order valence-corrected chi connectivity index (χ3v) is 4.81. The normalized spacial score (nSPS) is 21.9. The second-order valence-electron chi connectivity index (χ2n) is 6.74. The van der Waals surface area contributed by atoms with E-state index in [-0.39, 0.29) is 0 Å². The molecule has 0 aromatic carbocycles. The van der Waals surface area contributed by atoms with E-state index in [2.05, 4.69) is 17.1 Å². The van der Waals surface area contributed by atoms with E-state index in [1.54, 1.807) is 0 Å². The van der Waals surface area contributed by atoms with Crippen LogP contribution < -0.4 is 5.32 Å². The standard InChI is InChI=1S/C17H34N2/c1-2-3-4-5-6-7-12-19-13-10-16(11-14-19)15-18-17-8-9-17/h16-18H,2-15H2,1H3. The number of unbranched alkanes of at least 4 members (excludes halogenated alkanes) is 5. The summed E-state index contributed by atoms with van der Waals surface area (Å²) < 4.78 is 0. The Bertz CT molecular complexity index is 217. The zero-order chi connectivity index (χ0) is 13.3. The molecule has 112 valence electrons. The number of nitrogens with zero attached hydrogens (tertiary/aromatic N) is 1. The number of rotatable bonds is 10. The van der Waals surface area contributed by atoms with Crippen LogP contribution in [0.25, 0.3) is 0 Å². The van der Waals surface area contributed by atoms with Crippen molar-refractivity contribution < 1.29 is 0 Å². The minimum atomic E-state index is 0.890. The van der Waals surface area contributed by atoms with Gasteiger partial charge in [0.2, 0.25) is 0 Å². The summed E-state index contributed by atoms with van der Waals surface area (Å²) in [7, 11) is 0. The molecule has 0 aromatic rings. The third kappa shape index (κ3) is 6.76. The lowest BCUT2D eigenvalue weighted by molar-refractivity contribution is 0.179. The van der Waals surface area contributed by atoms with E-state index in [1.807, 2.05) is 0 Å². The van der Waals surface area contributed by atoms with Crippen LogP contribution in [-0.2, 0) is 0 Å². The summed E-state index contributed by atoms with van der Waals surface area (Å²) >= 11 is 0. The summed E-state index contributed by atoms with van der Waals surface area (Å²) in [5, 5.41) is 3.69. The minimum absolute atomic E-state index is 0.890. The van der Waals surface area contributed by atoms with Crippen LogP contribution in [0.3, 0.4) is 0 Å². The highest BCUT2D eigenvalue weighted by Crippen LogP contribution is 2.22. The van der Waals surface area contributed by atoms with Gasteiger partial charge in [0.15, 0.2) is 0 Å². The SMILES string of the molecule is CCCCCCCCN1CCC(CNC2CC2)CC1. The van der Waals surface area contributed by atoms with Crippen LogP contribution in [0.5, 0.6) is 0 Å². The van der Waals surface area contributed by atoms with Crippen molar-refractivity contribution >= 4 is 0 Å². The lowest BCUT2D eigenvalue weighted by atomic mass is 9.96. The van der Waals surface area contributed by atoms with Gasteiger partial charge in [0.25, 0.3) is 0 Å². The summed E-state index contributed by atoms with van der Waals surface area (Å²) in [5.74, 6) is 0.960. The van der Waals surface area contributed by atoms with Crippen molar-refractivity contribution in [2.24, 2.45) is 5.92 Å². The van der Waals surface area contributed by atoms with Crippen LogP contribution >= 0.6 is 0 Å². The molecule has 0 atom stereocenters. The molecule has 0 unspecified atom stereocenters. The highest BCUT2D eigenvalue weighted by atomic mass is 15.1. The van der Waals surface area contributed by atoms with Crippen molar-refractivity contribution in [2.45, 2.75) is 77.2 Å². The largest absolute Gasteiger partial charge is 0.314 e. The first-order chi connectivity index (χ1) is 9.38. The molecule has 0 radical (unpaired) electrons. The van der Waals surface area contributed by atoms with E-state index < -0.39 is 0 Å². The van der Waals surface area contributed by atoms with Crippen LogP contribution in [0.15, 0.2) is 0 Å². The van der Waals surface area contributed by atoms with E-state index in [0.717, 1.165) is 12.0 Å². The molecule has 2 nitrogen and oxygen atoms in total. The van der Waals surface area contributed by atoms with Crippen molar-refractivity contribution in [3.8, 4) is 0 Å². The van der Waals surface area contributed by atoms with Gasteiger partial charge in [-0.1, -0.05) is 39.0 Å². The summed E-state index contributed by atoms with van der Waals surface area (Å²) in [6.45, 7) is 7.64. The first-order valence-electron chi connectivity index (χ1n) is 8.84. The van der Waals surface area contributed by atoms with E-state index in [4.69, 9.17) is 0 Å². The number of piperidine rings is 1. The molecular formula is C17H34N2. The van der Waals surface area contributed by atoms with Crippen LogP contribution in [0.4, 0.5) is 0 Å². The molecule has 1 heterocycles. The first-order valence-corrected chi connectivity index (χ1v) is 8.84. The number of likely N-dealkylation sites (tertiary alicyclic amines) is 1. The molecule has 2 heteroatoms. The lowest BCUT2D eigenvalue weighted by Gasteiger charge is -2.32. The molecule has 2 aliphatic rings. The van der Waals surface area contributed by atoms with Gasteiger partial charge >= 0.3 is 0 Å². The number of hydrogen-bond donors (Lipinski definition) is 1. The molecule has 0 bridgehead atoms. The Morgan fingerprint density at radius 2 is 1.58 bits per heavy atom. The minimum Gasteiger partial charge on any atom is -0.314 e. The molecule has 1 aliphatic carbocycles. The van der Waals surface area contributed by atoms with Crippen molar-refractivity contribution in [1.82, 2.24) is 10.2 Å². The summed E-state index contributed by atoms with van der Waals surface area (Å²) in [5.41, 5.74) is 0. The van der Waals surface area contributed by atoms with Crippen LogP contribution in [0, 0.1) is 5.92 Å². The van der Waals surface area contributed by atoms with Gasteiger partial charge in [-0.25, -0.2) is 0 Å². The maximum absolute atomic E-state index is 3.69. The van der Waals surface area contributed by atoms with Gasteiger partial charge in [0.05, 0.1) is 0 Å². The van der Waals surface area contributed by atoms with E-state index in [1.165, 1.54) is 90.4 Å². The van der Waals surface area contributed by atoms with E-state index in [9.17, 15) is 0 Å². The summed E-state index contributed by atoms with van der Waals surface area (Å²) in [6, 6.07) is 0.890. The Morgan fingerprint density at radius 1 is 0.895 bits per heavy atom. The molecule has 1 saturated carbocycles. The Labute approximate surface area is 120 Å². The van der Waals surface area contributed by atoms with E-state index in [0.29, 0.717) is 0 Å². The van der Waals surface area contributed by atoms with Gasteiger partial charge in [-0.3, -0.25) is 0 Å². The van der Waals surface area contributed by atoms with Gasteiger partial charge in [-0.15, -0.1) is 0 Å². The molecule has 2 fully saturated rings. The summed E-state index contributed by atoms with van der Waals surface area (Å²) in [6.07, 6.45) is 14.3. The van der Waals surface area contributed by atoms with Gasteiger partial charge in [0.1, 0.15) is 0 Å². The zero-order valence-corrected chi connectivity index (χ0v) is 13.0. The van der Waals surface area contributed by atoms with Crippen molar-refractivity contribution in [3.05, 3.63) is 0 Å². The smallest absolute Gasteiger partial charge is 0.00683 e. The van der Waals surface area contributed by atoms with Gasteiger partial charge in [0, 0.05) is 6.04 Å². The second-order valence-corrected chi connectivity index (χ2v) is 6.74. The Morgan fingerprint density at radius 3 is 2.26 bits per heavy atom. The molecule has 0 spiro atoms. The van der Waals surface area contributed by atoms with Gasteiger partial charge in [-0.2, -0.15) is 0 Å². The number of hydrogen-bond acceptors (Lipinski definition) is 2. The predicted octanol–water partition coefficient (Wildman–Crippen LogP) is 3.81. The van der Waals surface area contributed by atoms with Crippen molar-refractivity contribution in [3.63, 3.8) is 0 Å². The maximum atomic E-state index is 3.69. The molecular weight excluding hydrogens is 232 g/mol. The van der Waals surface area contributed by atoms with Gasteiger partial charge < -0.3 is 10.2 Å². The molecule has 0 aromatic heterocycles. The second kappa shape index (κ2) is 8.97. The Kier molecular flexibility index (Phi) is 7.23. The zero-order valence-electron chi connectivity index (χ0n) is 13.0. The average Bonchev–Trinajstić information content (AvgIpc) is 3.26. The van der Waals surface area contributed by atoms with Crippen molar-refractivity contribution in [1.29, 1.82) is 0 Å². The van der Waals surface area contributed by atoms with Gasteiger partial charge in [-0.05, 0) is 64.2 Å². The topological polar surface area (TPSA) is 15.3 Å². The van der Waals surface area contributed by atoms with Crippen molar-refractivity contribution in [2.75, 3.05) is 26.2 Å². The van der Waals surface area contributed by atoms with Crippen LogP contribution in [-0.4, -0.2) is 37.1 Å². The average molecular weight is 266 g/mol. The molecule has 2 rings (SSSR count).